The van der Waals surface area contributed by atoms with Gasteiger partial charge in [-0.15, -0.1) is 0 Å². The van der Waals surface area contributed by atoms with Crippen molar-refractivity contribution in [3.63, 3.8) is 0 Å². The van der Waals surface area contributed by atoms with E-state index in [0.717, 1.165) is 30.8 Å². The van der Waals surface area contributed by atoms with Gasteiger partial charge in [0.05, 0.1) is 11.4 Å². The second kappa shape index (κ2) is 4.21. The van der Waals surface area contributed by atoms with Gasteiger partial charge in [-0.05, 0) is 24.5 Å². The van der Waals surface area contributed by atoms with Gasteiger partial charge in [-0.25, -0.2) is 4.79 Å². The van der Waals surface area contributed by atoms with Crippen molar-refractivity contribution >= 4 is 17.4 Å². The van der Waals surface area contributed by atoms with Crippen LogP contribution in [0.25, 0.3) is 0 Å². The van der Waals surface area contributed by atoms with Crippen molar-refractivity contribution in [2.45, 2.75) is 12.8 Å². The Labute approximate surface area is 89.1 Å². The fraction of sp³-hybridized carbons (Fsp3) is 0.364. The van der Waals surface area contributed by atoms with Gasteiger partial charge in [0.25, 0.3) is 0 Å². The molecular formula is C11H15N3O. The lowest BCUT2D eigenvalue weighted by Gasteiger charge is -2.21. The number of hydrogen-bond donors (Lipinski definition) is 3. The van der Waals surface area contributed by atoms with Crippen LogP contribution in [0.15, 0.2) is 18.2 Å². The number of urea groups is 1. The molecule has 0 atom stereocenters. The van der Waals surface area contributed by atoms with Crippen molar-refractivity contribution in [3.8, 4) is 0 Å². The molecule has 4 nitrogen and oxygen atoms in total. The number of nitrogens with one attached hydrogen (secondary N) is 3. The molecule has 2 rings (SSSR count). The summed E-state index contributed by atoms with van der Waals surface area (Å²) in [5.74, 6) is 0. The largest absolute Gasteiger partial charge is 0.383 e. The molecule has 15 heavy (non-hydrogen) atoms. The zero-order valence-corrected chi connectivity index (χ0v) is 8.76. The molecule has 4 heteroatoms. The van der Waals surface area contributed by atoms with Gasteiger partial charge in [0.15, 0.2) is 0 Å². The Kier molecular flexibility index (Phi) is 2.76. The fourth-order valence-electron chi connectivity index (χ4n) is 1.80. The van der Waals surface area contributed by atoms with E-state index in [9.17, 15) is 4.79 Å². The maximum Gasteiger partial charge on any atom is 0.319 e. The Hall–Kier alpha value is -1.71. The second-order valence-electron chi connectivity index (χ2n) is 3.57. The van der Waals surface area contributed by atoms with Crippen LogP contribution in [0.2, 0.25) is 0 Å². The minimum Gasteiger partial charge on any atom is -0.383 e. The lowest BCUT2D eigenvalue weighted by Crippen LogP contribution is -2.25. The van der Waals surface area contributed by atoms with Crippen LogP contribution >= 0.6 is 0 Å². The highest BCUT2D eigenvalue weighted by atomic mass is 16.2. The molecule has 1 heterocycles. The average molecular weight is 205 g/mol. The summed E-state index contributed by atoms with van der Waals surface area (Å²) in [7, 11) is 1.61. The number of rotatable bonds is 1. The van der Waals surface area contributed by atoms with Crippen LogP contribution in [0, 0.1) is 0 Å². The van der Waals surface area contributed by atoms with E-state index >= 15 is 0 Å². The van der Waals surface area contributed by atoms with Crippen LogP contribution in [-0.4, -0.2) is 19.6 Å². The van der Waals surface area contributed by atoms with Crippen LogP contribution in [0.1, 0.15) is 12.0 Å². The number of aryl methyl sites for hydroxylation is 1. The summed E-state index contributed by atoms with van der Waals surface area (Å²) in [6, 6.07) is 5.79. The number of carbonyl (C=O) groups excluding carboxylic acids is 1. The molecule has 0 saturated carbocycles. The fourth-order valence-corrected chi connectivity index (χ4v) is 1.80. The Morgan fingerprint density at radius 2 is 2.33 bits per heavy atom. The Morgan fingerprint density at radius 1 is 1.47 bits per heavy atom. The van der Waals surface area contributed by atoms with E-state index < -0.39 is 0 Å². The van der Waals surface area contributed by atoms with Crippen LogP contribution in [0.3, 0.4) is 0 Å². The summed E-state index contributed by atoms with van der Waals surface area (Å²) in [5, 5.41) is 8.67. The van der Waals surface area contributed by atoms with Crippen LogP contribution < -0.4 is 16.0 Å². The van der Waals surface area contributed by atoms with Crippen molar-refractivity contribution in [1.82, 2.24) is 5.32 Å². The third kappa shape index (κ3) is 2.03. The third-order valence-electron chi connectivity index (χ3n) is 2.55. The van der Waals surface area contributed by atoms with E-state index in [2.05, 4.69) is 22.0 Å². The van der Waals surface area contributed by atoms with E-state index in [1.807, 2.05) is 12.1 Å². The van der Waals surface area contributed by atoms with Crippen molar-refractivity contribution in [1.29, 1.82) is 0 Å². The third-order valence-corrected chi connectivity index (χ3v) is 2.55. The van der Waals surface area contributed by atoms with Gasteiger partial charge in [0.2, 0.25) is 0 Å². The van der Waals surface area contributed by atoms with Gasteiger partial charge in [0.1, 0.15) is 0 Å². The quantitative estimate of drug-likeness (QED) is 0.654. The number of amides is 2. The SMILES string of the molecule is CNC(=O)Nc1cccc2c1NCCC2. The minimum absolute atomic E-state index is 0.184. The first kappa shape index (κ1) is 9.83. The molecule has 0 saturated heterocycles. The maximum absolute atomic E-state index is 11.2. The first-order valence-corrected chi connectivity index (χ1v) is 5.16. The van der Waals surface area contributed by atoms with E-state index in [1.165, 1.54) is 5.56 Å². The van der Waals surface area contributed by atoms with Gasteiger partial charge in [-0.1, -0.05) is 12.1 Å². The Morgan fingerprint density at radius 3 is 3.13 bits per heavy atom. The van der Waals surface area contributed by atoms with E-state index in [4.69, 9.17) is 0 Å². The molecule has 0 spiro atoms. The molecule has 0 bridgehead atoms. The molecule has 1 aliphatic heterocycles. The molecule has 0 radical (unpaired) electrons. The number of para-hydroxylation sites is 1. The summed E-state index contributed by atoms with van der Waals surface area (Å²) >= 11 is 0. The lowest BCUT2D eigenvalue weighted by molar-refractivity contribution is 0.254. The summed E-state index contributed by atoms with van der Waals surface area (Å²) in [6.45, 7) is 0.972. The van der Waals surface area contributed by atoms with Gasteiger partial charge < -0.3 is 16.0 Å². The minimum atomic E-state index is -0.184. The van der Waals surface area contributed by atoms with E-state index in [-0.39, 0.29) is 6.03 Å². The van der Waals surface area contributed by atoms with Crippen molar-refractivity contribution in [3.05, 3.63) is 23.8 Å². The normalized spacial score (nSPS) is 13.7. The molecule has 3 N–H and O–H groups in total. The van der Waals surface area contributed by atoms with Gasteiger partial charge in [-0.2, -0.15) is 0 Å². The number of fused-ring (bicyclic) bond motifs is 1. The number of benzene rings is 1. The van der Waals surface area contributed by atoms with Crippen molar-refractivity contribution in [2.24, 2.45) is 0 Å². The standard InChI is InChI=1S/C11H15N3O/c1-12-11(15)14-9-6-2-4-8-5-3-7-13-10(8)9/h2,4,6,13H,3,5,7H2,1H3,(H2,12,14,15). The smallest absolute Gasteiger partial charge is 0.319 e. The Balaban J connectivity index is 2.27. The van der Waals surface area contributed by atoms with E-state index in [1.54, 1.807) is 7.05 Å². The molecule has 1 aromatic carbocycles. The predicted molar refractivity (Wildman–Crippen MR) is 61.3 cm³/mol. The molecule has 80 valence electrons. The molecule has 1 aromatic rings. The van der Waals surface area contributed by atoms with Crippen LogP contribution in [-0.2, 0) is 6.42 Å². The second-order valence-corrected chi connectivity index (χ2v) is 3.57. The summed E-state index contributed by atoms with van der Waals surface area (Å²) in [6.07, 6.45) is 2.22. The molecule has 0 aromatic heterocycles. The Bertz CT molecular complexity index is 376. The highest BCUT2D eigenvalue weighted by Gasteiger charge is 2.12. The van der Waals surface area contributed by atoms with Gasteiger partial charge >= 0.3 is 6.03 Å². The first-order valence-electron chi connectivity index (χ1n) is 5.16. The van der Waals surface area contributed by atoms with Crippen molar-refractivity contribution < 1.29 is 4.79 Å². The molecule has 0 unspecified atom stereocenters. The topological polar surface area (TPSA) is 53.2 Å². The van der Waals surface area contributed by atoms with Gasteiger partial charge in [0, 0.05) is 13.6 Å². The van der Waals surface area contributed by atoms with Crippen LogP contribution in [0.4, 0.5) is 16.2 Å². The molecular weight excluding hydrogens is 190 g/mol. The number of hydrogen-bond acceptors (Lipinski definition) is 2. The first-order chi connectivity index (χ1) is 7.31. The molecule has 0 fully saturated rings. The maximum atomic E-state index is 11.2. The number of carbonyl (C=O) groups is 1. The predicted octanol–water partition coefficient (Wildman–Crippen LogP) is 1.80. The average Bonchev–Trinajstić information content (AvgIpc) is 2.29. The zero-order chi connectivity index (χ0) is 10.7. The molecule has 2 amide bonds. The lowest BCUT2D eigenvalue weighted by atomic mass is 10.0. The molecule has 1 aliphatic rings. The number of anilines is 2. The summed E-state index contributed by atoms with van der Waals surface area (Å²) < 4.78 is 0. The van der Waals surface area contributed by atoms with Crippen LogP contribution in [0.5, 0.6) is 0 Å². The summed E-state index contributed by atoms with van der Waals surface area (Å²) in [5.41, 5.74) is 3.19. The molecule has 0 aliphatic carbocycles. The highest BCUT2D eigenvalue weighted by molar-refractivity contribution is 5.93. The zero-order valence-electron chi connectivity index (χ0n) is 8.76. The van der Waals surface area contributed by atoms with Crippen molar-refractivity contribution in [2.75, 3.05) is 24.2 Å². The summed E-state index contributed by atoms with van der Waals surface area (Å²) in [4.78, 5) is 11.2. The van der Waals surface area contributed by atoms with Gasteiger partial charge in [-0.3, -0.25) is 0 Å². The van der Waals surface area contributed by atoms with E-state index in [0.29, 0.717) is 0 Å². The highest BCUT2D eigenvalue weighted by Crippen LogP contribution is 2.29. The monoisotopic (exact) mass is 205 g/mol.